The van der Waals surface area contributed by atoms with Crippen molar-refractivity contribution in [3.63, 3.8) is 0 Å². The van der Waals surface area contributed by atoms with Crippen molar-refractivity contribution in [2.24, 2.45) is 0 Å². The van der Waals surface area contributed by atoms with E-state index in [2.05, 4.69) is 71.7 Å². The Morgan fingerprint density at radius 2 is 1.67 bits per heavy atom. The smallest absolute Gasteiger partial charge is 0.174 e. The topological polar surface area (TPSA) is 42.3 Å². The Labute approximate surface area is 218 Å². The number of thiocarbonyl (C=S) groups is 1. The van der Waals surface area contributed by atoms with Crippen LogP contribution in [0.3, 0.4) is 0 Å². The summed E-state index contributed by atoms with van der Waals surface area (Å²) in [5.74, 6) is 1.65. The van der Waals surface area contributed by atoms with Gasteiger partial charge in [-0.25, -0.2) is 0 Å². The van der Waals surface area contributed by atoms with E-state index < -0.39 is 0 Å². The Bertz CT molecular complexity index is 1380. The van der Waals surface area contributed by atoms with Crippen LogP contribution in [0, 0.1) is 20.8 Å². The molecule has 0 radical (unpaired) electrons. The molecule has 1 N–H and O–H groups in total. The molecule has 0 aliphatic carbocycles. The molecule has 1 saturated heterocycles. The van der Waals surface area contributed by atoms with Crippen molar-refractivity contribution in [1.82, 2.24) is 14.9 Å². The summed E-state index contributed by atoms with van der Waals surface area (Å²) in [7, 11) is 0. The first-order chi connectivity index (χ1) is 17.3. The monoisotopic (exact) mass is 496 g/mol. The highest BCUT2D eigenvalue weighted by Gasteiger charge is 2.42. The average molecular weight is 497 g/mol. The number of rotatable bonds is 6. The molecule has 1 aliphatic heterocycles. The number of benzene rings is 2. The minimum Gasteiger partial charge on any atom is -0.457 e. The van der Waals surface area contributed by atoms with Gasteiger partial charge in [-0.15, -0.1) is 0 Å². The molecule has 5 rings (SSSR count). The number of aromatic nitrogens is 2. The Morgan fingerprint density at radius 3 is 2.31 bits per heavy atom. The predicted molar refractivity (Wildman–Crippen MR) is 150 cm³/mol. The molecule has 1 fully saturated rings. The highest BCUT2D eigenvalue weighted by molar-refractivity contribution is 7.80. The van der Waals surface area contributed by atoms with Gasteiger partial charge < -0.3 is 19.5 Å². The summed E-state index contributed by atoms with van der Waals surface area (Å²) in [4.78, 5) is 6.91. The van der Waals surface area contributed by atoms with Crippen LogP contribution in [0.5, 0.6) is 11.5 Å². The highest BCUT2D eigenvalue weighted by atomic mass is 32.1. The van der Waals surface area contributed by atoms with Crippen LogP contribution in [0.25, 0.3) is 0 Å². The Morgan fingerprint density at radius 1 is 0.944 bits per heavy atom. The van der Waals surface area contributed by atoms with E-state index in [0.29, 0.717) is 11.2 Å². The second-order valence-electron chi connectivity index (χ2n) is 9.65. The molecule has 4 aromatic rings. The van der Waals surface area contributed by atoms with Crippen molar-refractivity contribution in [3.05, 3.63) is 107 Å². The van der Waals surface area contributed by atoms with E-state index in [4.69, 9.17) is 17.0 Å². The number of aryl methyl sites for hydroxylation is 2. The summed E-state index contributed by atoms with van der Waals surface area (Å²) >= 11 is 5.91. The first-order valence-corrected chi connectivity index (χ1v) is 12.8. The van der Waals surface area contributed by atoms with Crippen LogP contribution in [-0.4, -0.2) is 14.7 Å². The lowest BCUT2D eigenvalue weighted by atomic mass is 9.96. The summed E-state index contributed by atoms with van der Waals surface area (Å²) in [5, 5.41) is 4.26. The predicted octanol–water partition coefficient (Wildman–Crippen LogP) is 7.36. The molecule has 0 saturated carbocycles. The van der Waals surface area contributed by atoms with Crippen LogP contribution in [0.2, 0.25) is 0 Å². The lowest BCUT2D eigenvalue weighted by Gasteiger charge is -2.28. The number of ether oxygens (including phenoxy) is 1. The molecule has 6 heteroatoms. The Balaban J connectivity index is 1.55. The molecule has 2 aromatic carbocycles. The van der Waals surface area contributed by atoms with Gasteiger partial charge in [0.2, 0.25) is 0 Å². The van der Waals surface area contributed by atoms with Gasteiger partial charge in [0.1, 0.15) is 11.5 Å². The average Bonchev–Trinajstić information content (AvgIpc) is 3.36. The van der Waals surface area contributed by atoms with Gasteiger partial charge in [-0.2, -0.15) is 0 Å². The van der Waals surface area contributed by atoms with Crippen LogP contribution in [-0.2, 0) is 0 Å². The molecule has 5 nitrogen and oxygen atoms in total. The van der Waals surface area contributed by atoms with E-state index in [9.17, 15) is 0 Å². The number of hydrogen-bond donors (Lipinski definition) is 1. The summed E-state index contributed by atoms with van der Waals surface area (Å²) in [6.45, 7) is 10.9. The van der Waals surface area contributed by atoms with Gasteiger partial charge >= 0.3 is 0 Å². The zero-order valence-corrected chi connectivity index (χ0v) is 22.2. The zero-order valence-electron chi connectivity index (χ0n) is 21.4. The second-order valence-corrected chi connectivity index (χ2v) is 10.0. The maximum absolute atomic E-state index is 6.14. The molecule has 1 aliphatic rings. The lowest BCUT2D eigenvalue weighted by Crippen LogP contribution is -2.29. The van der Waals surface area contributed by atoms with Crippen molar-refractivity contribution >= 4 is 23.0 Å². The fourth-order valence-electron chi connectivity index (χ4n) is 5.32. The summed E-state index contributed by atoms with van der Waals surface area (Å²) in [6, 6.07) is 24.8. The van der Waals surface area contributed by atoms with Crippen molar-refractivity contribution in [3.8, 4) is 11.5 Å². The van der Waals surface area contributed by atoms with Crippen LogP contribution < -0.4 is 15.0 Å². The fourth-order valence-corrected chi connectivity index (χ4v) is 5.66. The molecule has 0 spiro atoms. The minimum absolute atomic E-state index is 0.0331. The number of para-hydroxylation sites is 1. The molecule has 0 amide bonds. The summed E-state index contributed by atoms with van der Waals surface area (Å²) < 4.78 is 8.53. The quantitative estimate of drug-likeness (QED) is 0.283. The van der Waals surface area contributed by atoms with E-state index >= 15 is 0 Å². The second kappa shape index (κ2) is 9.78. The van der Waals surface area contributed by atoms with Crippen molar-refractivity contribution in [1.29, 1.82) is 0 Å². The van der Waals surface area contributed by atoms with E-state index in [1.165, 1.54) is 17.0 Å². The van der Waals surface area contributed by atoms with Crippen LogP contribution in [0.1, 0.15) is 60.2 Å². The number of nitrogens with zero attached hydrogens (tertiary/aromatic N) is 3. The first kappa shape index (κ1) is 24.1. The molecule has 36 heavy (non-hydrogen) atoms. The molecule has 2 aromatic heterocycles. The van der Waals surface area contributed by atoms with Crippen molar-refractivity contribution in [2.45, 2.75) is 52.7 Å². The number of pyridine rings is 1. The molecule has 0 unspecified atom stereocenters. The first-order valence-electron chi connectivity index (χ1n) is 12.4. The largest absolute Gasteiger partial charge is 0.457 e. The van der Waals surface area contributed by atoms with Crippen LogP contribution >= 0.6 is 12.2 Å². The van der Waals surface area contributed by atoms with Crippen LogP contribution in [0.15, 0.2) is 79.0 Å². The Hall–Kier alpha value is -3.64. The fraction of sp³-hybridized carbons (Fsp3) is 0.267. The third kappa shape index (κ3) is 4.37. The third-order valence-corrected chi connectivity index (χ3v) is 7.21. The minimum atomic E-state index is -0.0669. The van der Waals surface area contributed by atoms with Gasteiger partial charge in [0.25, 0.3) is 0 Å². The number of hydrogen-bond acceptors (Lipinski definition) is 3. The van der Waals surface area contributed by atoms with Gasteiger partial charge in [-0.3, -0.25) is 4.98 Å². The number of nitrogens with one attached hydrogen (secondary N) is 1. The SMILES string of the molecule is Cc1ccccc1Oc1ccc(N2C(=S)N[C@H](c3ccccn3)[C@@H]2c2cc(C)n(C(C)C)c2C)cc1. The molecular formula is C30H32N4OS. The van der Waals surface area contributed by atoms with Gasteiger partial charge in [0, 0.05) is 29.3 Å². The normalized spacial score (nSPS) is 17.5. The van der Waals surface area contributed by atoms with Crippen molar-refractivity contribution in [2.75, 3.05) is 4.90 Å². The van der Waals surface area contributed by atoms with Crippen LogP contribution in [0.4, 0.5) is 5.69 Å². The van der Waals surface area contributed by atoms with E-state index in [1.54, 1.807) is 0 Å². The standard InChI is InChI=1S/C30H32N4OS/c1-19(2)33-21(4)18-25(22(33)5)29-28(26-11-8-9-17-31-26)32-30(36)34(29)23-13-15-24(16-14-23)35-27-12-7-6-10-20(27)3/h6-19,28-29H,1-5H3,(H,32,36)/t28-,29+/m1/s1. The maximum Gasteiger partial charge on any atom is 0.174 e. The number of anilines is 1. The third-order valence-electron chi connectivity index (χ3n) is 6.89. The van der Waals surface area contributed by atoms with E-state index in [-0.39, 0.29) is 12.1 Å². The van der Waals surface area contributed by atoms with Gasteiger partial charge in [0.15, 0.2) is 5.11 Å². The van der Waals surface area contributed by atoms with Gasteiger partial charge in [-0.05, 0) is 106 Å². The molecule has 3 heterocycles. The molecule has 184 valence electrons. The molecule has 0 bridgehead atoms. The Kier molecular flexibility index (Phi) is 6.54. The van der Waals surface area contributed by atoms with Gasteiger partial charge in [-0.1, -0.05) is 24.3 Å². The lowest BCUT2D eigenvalue weighted by molar-refractivity contribution is 0.479. The van der Waals surface area contributed by atoms with E-state index in [0.717, 1.165) is 28.4 Å². The zero-order chi connectivity index (χ0) is 25.4. The van der Waals surface area contributed by atoms with Crippen molar-refractivity contribution < 1.29 is 4.74 Å². The summed E-state index contributed by atoms with van der Waals surface area (Å²) in [5.41, 5.74) is 6.85. The van der Waals surface area contributed by atoms with E-state index in [1.807, 2.05) is 61.7 Å². The highest BCUT2D eigenvalue weighted by Crippen LogP contribution is 2.44. The molecular weight excluding hydrogens is 464 g/mol. The summed E-state index contributed by atoms with van der Waals surface area (Å²) in [6.07, 6.45) is 1.84. The van der Waals surface area contributed by atoms with Gasteiger partial charge in [0.05, 0.1) is 17.8 Å². The maximum atomic E-state index is 6.14. The molecule has 2 atom stereocenters.